The number of amides is 1. The van der Waals surface area contributed by atoms with E-state index in [2.05, 4.69) is 27.5 Å². The van der Waals surface area contributed by atoms with E-state index < -0.39 is 0 Å². The molecule has 6 heteroatoms. The number of nitrogens with one attached hydrogen (secondary N) is 2. The van der Waals surface area contributed by atoms with Gasteiger partial charge in [0.05, 0.1) is 6.54 Å². The SMILES string of the molecule is CCCc1c(NCC)ncnc1N(CC)CC(=O)NC. The quantitative estimate of drug-likeness (QED) is 0.753. The first-order valence-electron chi connectivity index (χ1n) is 7.21. The standard InChI is InChI=1S/C14H25N5O/c1-5-8-11-13(16-6-2)17-10-18-14(11)19(7-3)9-12(20)15-4/h10H,5-9H2,1-4H3,(H,15,20)(H,16,17,18). The topological polar surface area (TPSA) is 70.2 Å². The molecule has 1 rings (SSSR count). The van der Waals surface area contributed by atoms with Crippen LogP contribution in [0.2, 0.25) is 0 Å². The Morgan fingerprint density at radius 1 is 1.30 bits per heavy atom. The molecular weight excluding hydrogens is 254 g/mol. The van der Waals surface area contributed by atoms with Gasteiger partial charge >= 0.3 is 0 Å². The van der Waals surface area contributed by atoms with Crippen LogP contribution < -0.4 is 15.5 Å². The van der Waals surface area contributed by atoms with Crippen LogP contribution >= 0.6 is 0 Å². The van der Waals surface area contributed by atoms with E-state index in [0.717, 1.165) is 43.1 Å². The normalized spacial score (nSPS) is 10.2. The van der Waals surface area contributed by atoms with Crippen LogP contribution in [0.1, 0.15) is 32.8 Å². The molecule has 1 amide bonds. The second-order valence-corrected chi connectivity index (χ2v) is 4.49. The third-order valence-electron chi connectivity index (χ3n) is 3.06. The Kier molecular flexibility index (Phi) is 6.76. The molecule has 0 radical (unpaired) electrons. The van der Waals surface area contributed by atoms with Crippen LogP contribution in [0.5, 0.6) is 0 Å². The van der Waals surface area contributed by atoms with E-state index in [1.165, 1.54) is 0 Å². The third kappa shape index (κ3) is 4.08. The lowest BCUT2D eigenvalue weighted by molar-refractivity contribution is -0.119. The van der Waals surface area contributed by atoms with Gasteiger partial charge in [0.25, 0.3) is 0 Å². The second kappa shape index (κ2) is 8.35. The van der Waals surface area contributed by atoms with Gasteiger partial charge in [0, 0.05) is 25.7 Å². The van der Waals surface area contributed by atoms with Crippen molar-refractivity contribution in [2.45, 2.75) is 33.6 Å². The van der Waals surface area contributed by atoms with Crippen LogP contribution in [0, 0.1) is 0 Å². The molecule has 0 aliphatic carbocycles. The molecule has 0 atom stereocenters. The minimum Gasteiger partial charge on any atom is -0.370 e. The Morgan fingerprint density at radius 3 is 2.60 bits per heavy atom. The highest BCUT2D eigenvalue weighted by Gasteiger charge is 2.17. The summed E-state index contributed by atoms with van der Waals surface area (Å²) < 4.78 is 0. The van der Waals surface area contributed by atoms with Gasteiger partial charge in [-0.25, -0.2) is 9.97 Å². The van der Waals surface area contributed by atoms with Gasteiger partial charge in [-0.15, -0.1) is 0 Å². The maximum absolute atomic E-state index is 11.6. The molecule has 0 aliphatic heterocycles. The molecule has 6 nitrogen and oxygen atoms in total. The van der Waals surface area contributed by atoms with Crippen molar-refractivity contribution in [3.63, 3.8) is 0 Å². The summed E-state index contributed by atoms with van der Waals surface area (Å²) in [5.74, 6) is 1.71. The molecule has 0 fully saturated rings. The van der Waals surface area contributed by atoms with Gasteiger partial charge in [-0.1, -0.05) is 13.3 Å². The van der Waals surface area contributed by atoms with Crippen molar-refractivity contribution in [2.24, 2.45) is 0 Å². The molecule has 20 heavy (non-hydrogen) atoms. The zero-order chi connectivity index (χ0) is 15.0. The lowest BCUT2D eigenvalue weighted by Gasteiger charge is -2.24. The van der Waals surface area contributed by atoms with Crippen molar-refractivity contribution in [1.29, 1.82) is 0 Å². The number of anilines is 2. The highest BCUT2D eigenvalue weighted by Crippen LogP contribution is 2.24. The van der Waals surface area contributed by atoms with E-state index in [1.54, 1.807) is 13.4 Å². The summed E-state index contributed by atoms with van der Waals surface area (Å²) in [5.41, 5.74) is 1.09. The molecule has 0 aromatic carbocycles. The summed E-state index contributed by atoms with van der Waals surface area (Å²) in [6.45, 7) is 8.04. The Balaban J connectivity index is 3.12. The number of rotatable bonds is 8. The number of carbonyl (C=O) groups excluding carboxylic acids is 1. The van der Waals surface area contributed by atoms with Gasteiger partial charge < -0.3 is 15.5 Å². The second-order valence-electron chi connectivity index (χ2n) is 4.49. The predicted octanol–water partition coefficient (Wildman–Crippen LogP) is 1.43. The van der Waals surface area contributed by atoms with Crippen molar-refractivity contribution < 1.29 is 4.79 Å². The Hall–Kier alpha value is -1.85. The lowest BCUT2D eigenvalue weighted by Crippen LogP contribution is -2.36. The minimum atomic E-state index is -0.0158. The maximum Gasteiger partial charge on any atom is 0.239 e. The first-order chi connectivity index (χ1) is 9.67. The summed E-state index contributed by atoms with van der Waals surface area (Å²) in [5, 5.41) is 5.92. The van der Waals surface area contributed by atoms with Gasteiger partial charge in [-0.2, -0.15) is 0 Å². The molecule has 0 saturated heterocycles. The monoisotopic (exact) mass is 279 g/mol. The zero-order valence-electron chi connectivity index (χ0n) is 12.9. The number of hydrogen-bond donors (Lipinski definition) is 2. The smallest absolute Gasteiger partial charge is 0.239 e. The Morgan fingerprint density at radius 2 is 2.05 bits per heavy atom. The summed E-state index contributed by atoms with van der Waals surface area (Å²) in [4.78, 5) is 22.3. The summed E-state index contributed by atoms with van der Waals surface area (Å²) >= 11 is 0. The summed E-state index contributed by atoms with van der Waals surface area (Å²) in [7, 11) is 1.65. The van der Waals surface area contributed by atoms with Crippen molar-refractivity contribution in [3.8, 4) is 0 Å². The van der Waals surface area contributed by atoms with E-state index in [4.69, 9.17) is 0 Å². The van der Waals surface area contributed by atoms with Crippen LogP contribution in [0.3, 0.4) is 0 Å². The third-order valence-corrected chi connectivity index (χ3v) is 3.06. The molecule has 112 valence electrons. The number of carbonyl (C=O) groups is 1. The highest BCUT2D eigenvalue weighted by atomic mass is 16.1. The molecule has 0 spiro atoms. The molecule has 1 aromatic heterocycles. The summed E-state index contributed by atoms with van der Waals surface area (Å²) in [6.07, 6.45) is 3.46. The molecule has 0 saturated carbocycles. The largest absolute Gasteiger partial charge is 0.370 e. The van der Waals surface area contributed by atoms with Gasteiger partial charge in [0.1, 0.15) is 18.0 Å². The van der Waals surface area contributed by atoms with E-state index in [1.807, 2.05) is 18.7 Å². The van der Waals surface area contributed by atoms with Crippen molar-refractivity contribution in [3.05, 3.63) is 11.9 Å². The predicted molar refractivity (Wildman–Crippen MR) is 82.1 cm³/mol. The number of hydrogen-bond acceptors (Lipinski definition) is 5. The van der Waals surface area contributed by atoms with E-state index >= 15 is 0 Å². The van der Waals surface area contributed by atoms with E-state index in [9.17, 15) is 4.79 Å². The summed E-state index contributed by atoms with van der Waals surface area (Å²) in [6, 6.07) is 0. The fraction of sp³-hybridized carbons (Fsp3) is 0.643. The van der Waals surface area contributed by atoms with Crippen LogP contribution in [0.25, 0.3) is 0 Å². The van der Waals surface area contributed by atoms with E-state index in [-0.39, 0.29) is 5.91 Å². The van der Waals surface area contributed by atoms with Crippen molar-refractivity contribution in [2.75, 3.05) is 36.9 Å². The maximum atomic E-state index is 11.6. The molecule has 0 bridgehead atoms. The molecule has 0 aliphatic rings. The zero-order valence-corrected chi connectivity index (χ0v) is 12.9. The van der Waals surface area contributed by atoms with Gasteiger partial charge in [-0.3, -0.25) is 4.79 Å². The van der Waals surface area contributed by atoms with Gasteiger partial charge in [0.2, 0.25) is 5.91 Å². The van der Waals surface area contributed by atoms with Crippen molar-refractivity contribution in [1.82, 2.24) is 15.3 Å². The molecular formula is C14H25N5O. The fourth-order valence-electron chi connectivity index (χ4n) is 2.06. The van der Waals surface area contributed by atoms with Crippen molar-refractivity contribution >= 4 is 17.5 Å². The number of aromatic nitrogens is 2. The molecule has 2 N–H and O–H groups in total. The average molecular weight is 279 g/mol. The lowest BCUT2D eigenvalue weighted by atomic mass is 10.1. The van der Waals surface area contributed by atoms with Gasteiger partial charge in [-0.05, 0) is 20.3 Å². The Bertz CT molecular complexity index is 436. The van der Waals surface area contributed by atoms with Crippen LogP contribution in [0.15, 0.2) is 6.33 Å². The fourth-order valence-corrected chi connectivity index (χ4v) is 2.06. The highest BCUT2D eigenvalue weighted by molar-refractivity contribution is 5.81. The van der Waals surface area contributed by atoms with Crippen LogP contribution in [0.4, 0.5) is 11.6 Å². The van der Waals surface area contributed by atoms with E-state index in [0.29, 0.717) is 6.54 Å². The Labute approximate surface area is 121 Å². The van der Waals surface area contributed by atoms with Crippen LogP contribution in [-0.4, -0.2) is 42.6 Å². The number of likely N-dealkylation sites (N-methyl/N-ethyl adjacent to an activating group) is 2. The minimum absolute atomic E-state index is 0.0158. The molecule has 0 unspecified atom stereocenters. The first kappa shape index (κ1) is 16.2. The van der Waals surface area contributed by atoms with Gasteiger partial charge in [0.15, 0.2) is 0 Å². The average Bonchev–Trinajstić information content (AvgIpc) is 2.47. The van der Waals surface area contributed by atoms with Crippen LogP contribution in [-0.2, 0) is 11.2 Å². The first-order valence-corrected chi connectivity index (χ1v) is 7.21. The number of nitrogens with zero attached hydrogens (tertiary/aromatic N) is 3. The molecule has 1 heterocycles. The molecule has 1 aromatic rings.